The van der Waals surface area contributed by atoms with E-state index in [1.54, 1.807) is 19.2 Å². The number of halogens is 3. The largest absolute Gasteiger partial charge is 0.416 e. The molecule has 21 heavy (non-hydrogen) atoms. The maximum atomic E-state index is 13.2. The molecule has 1 aromatic rings. The van der Waals surface area contributed by atoms with E-state index in [0.717, 1.165) is 12.8 Å². The summed E-state index contributed by atoms with van der Waals surface area (Å²) in [5, 5.41) is 2.79. The highest BCUT2D eigenvalue weighted by atomic mass is 19.4. The van der Waals surface area contributed by atoms with Gasteiger partial charge in [0.05, 0.1) is 5.56 Å². The molecule has 1 saturated carbocycles. The summed E-state index contributed by atoms with van der Waals surface area (Å²) in [6.07, 6.45) is 1.39. The van der Waals surface area contributed by atoms with Gasteiger partial charge in [-0.2, -0.15) is 13.2 Å². The zero-order chi connectivity index (χ0) is 15.5. The second-order valence-corrected chi connectivity index (χ2v) is 5.77. The Hall–Kier alpha value is -1.23. The van der Waals surface area contributed by atoms with Gasteiger partial charge in [0.15, 0.2) is 0 Å². The third-order valence-corrected chi connectivity index (χ3v) is 4.30. The summed E-state index contributed by atoms with van der Waals surface area (Å²) in [7, 11) is 3.56. The molecule has 2 nitrogen and oxygen atoms in total. The molecule has 2 rings (SSSR count). The van der Waals surface area contributed by atoms with Gasteiger partial charge in [-0.05, 0) is 37.6 Å². The van der Waals surface area contributed by atoms with Crippen molar-refractivity contribution in [3.05, 3.63) is 29.3 Å². The molecule has 5 heteroatoms. The van der Waals surface area contributed by atoms with Crippen LogP contribution in [0.4, 0.5) is 18.9 Å². The minimum atomic E-state index is -4.31. The molecule has 0 atom stereocenters. The Morgan fingerprint density at radius 1 is 1.19 bits per heavy atom. The molecule has 0 saturated heterocycles. The number of rotatable bonds is 4. The number of anilines is 1. The summed E-state index contributed by atoms with van der Waals surface area (Å²) in [6, 6.07) is 5.04. The van der Waals surface area contributed by atoms with Gasteiger partial charge in [0, 0.05) is 25.3 Å². The minimum Gasteiger partial charge on any atom is -0.372 e. The summed E-state index contributed by atoms with van der Waals surface area (Å²) < 4.78 is 39.6. The maximum absolute atomic E-state index is 13.2. The first-order valence-electron chi connectivity index (χ1n) is 7.51. The second kappa shape index (κ2) is 6.69. The number of benzene rings is 1. The molecule has 0 aromatic heterocycles. The van der Waals surface area contributed by atoms with Gasteiger partial charge in [0.25, 0.3) is 0 Å². The lowest BCUT2D eigenvalue weighted by atomic mass is 9.94. The summed E-state index contributed by atoms with van der Waals surface area (Å²) in [6.45, 7) is 0.224. The van der Waals surface area contributed by atoms with Crippen molar-refractivity contribution in [1.82, 2.24) is 5.32 Å². The van der Waals surface area contributed by atoms with Crippen molar-refractivity contribution in [2.45, 2.75) is 50.9 Å². The van der Waals surface area contributed by atoms with Crippen LogP contribution in [0.5, 0.6) is 0 Å². The van der Waals surface area contributed by atoms with E-state index in [4.69, 9.17) is 0 Å². The van der Waals surface area contributed by atoms with E-state index >= 15 is 0 Å². The number of alkyl halides is 3. The molecule has 0 amide bonds. The number of nitrogens with one attached hydrogen (secondary N) is 1. The van der Waals surface area contributed by atoms with Gasteiger partial charge in [-0.1, -0.05) is 25.3 Å². The molecule has 118 valence electrons. The average Bonchev–Trinajstić information content (AvgIpc) is 2.47. The molecule has 0 spiro atoms. The fourth-order valence-electron chi connectivity index (χ4n) is 3.07. The van der Waals surface area contributed by atoms with Gasteiger partial charge in [0.2, 0.25) is 0 Å². The molecule has 1 aliphatic rings. The molecular formula is C16H23F3N2. The Bertz CT molecular complexity index is 465. The number of nitrogens with zero attached hydrogens (tertiary/aromatic N) is 1. The van der Waals surface area contributed by atoms with Crippen molar-refractivity contribution in [2.75, 3.05) is 19.0 Å². The van der Waals surface area contributed by atoms with Crippen LogP contribution in [-0.2, 0) is 12.7 Å². The Kier molecular flexibility index (Phi) is 5.14. The first kappa shape index (κ1) is 16.1. The molecule has 1 aliphatic carbocycles. The smallest absolute Gasteiger partial charge is 0.372 e. The molecule has 0 bridgehead atoms. The lowest BCUT2D eigenvalue weighted by molar-refractivity contribution is -0.138. The monoisotopic (exact) mass is 300 g/mol. The highest BCUT2D eigenvalue weighted by molar-refractivity contribution is 5.52. The van der Waals surface area contributed by atoms with Crippen LogP contribution >= 0.6 is 0 Å². The number of hydrogen-bond acceptors (Lipinski definition) is 2. The van der Waals surface area contributed by atoms with Crippen LogP contribution in [0.3, 0.4) is 0 Å². The molecule has 0 heterocycles. The normalized spacial score (nSPS) is 17.0. The van der Waals surface area contributed by atoms with Crippen molar-refractivity contribution < 1.29 is 13.2 Å². The SMILES string of the molecule is CNCc1ccc(N(C)C2CCCCC2)cc1C(F)(F)F. The van der Waals surface area contributed by atoms with Gasteiger partial charge >= 0.3 is 6.18 Å². The van der Waals surface area contributed by atoms with Crippen molar-refractivity contribution >= 4 is 5.69 Å². The van der Waals surface area contributed by atoms with E-state index in [2.05, 4.69) is 5.32 Å². The van der Waals surface area contributed by atoms with Gasteiger partial charge < -0.3 is 10.2 Å². The lowest BCUT2D eigenvalue weighted by Crippen LogP contribution is -2.33. The maximum Gasteiger partial charge on any atom is 0.416 e. The van der Waals surface area contributed by atoms with Crippen molar-refractivity contribution in [2.24, 2.45) is 0 Å². The van der Waals surface area contributed by atoms with Crippen LogP contribution < -0.4 is 10.2 Å². The van der Waals surface area contributed by atoms with Crippen molar-refractivity contribution in [3.63, 3.8) is 0 Å². The summed E-state index contributed by atoms with van der Waals surface area (Å²) >= 11 is 0. The topological polar surface area (TPSA) is 15.3 Å². The molecule has 0 radical (unpaired) electrons. The average molecular weight is 300 g/mol. The second-order valence-electron chi connectivity index (χ2n) is 5.77. The third kappa shape index (κ3) is 3.90. The molecular weight excluding hydrogens is 277 g/mol. The van der Waals surface area contributed by atoms with Crippen LogP contribution in [-0.4, -0.2) is 20.1 Å². The van der Waals surface area contributed by atoms with Crippen LogP contribution in [0.15, 0.2) is 18.2 Å². The molecule has 1 N–H and O–H groups in total. The standard InChI is InChI=1S/C16H23F3N2/c1-20-11-12-8-9-14(10-15(12)16(17,18)19)21(2)13-6-4-3-5-7-13/h8-10,13,20H,3-7,11H2,1-2H3. The van der Waals surface area contributed by atoms with Crippen LogP contribution in [0, 0.1) is 0 Å². The van der Waals surface area contributed by atoms with Gasteiger partial charge in [-0.3, -0.25) is 0 Å². The molecule has 1 aromatic carbocycles. The Morgan fingerprint density at radius 2 is 1.86 bits per heavy atom. The van der Waals surface area contributed by atoms with Gasteiger partial charge in [-0.15, -0.1) is 0 Å². The Labute approximate surface area is 124 Å². The first-order valence-corrected chi connectivity index (χ1v) is 7.51. The Morgan fingerprint density at radius 3 is 2.43 bits per heavy atom. The van der Waals surface area contributed by atoms with E-state index < -0.39 is 11.7 Å². The van der Waals surface area contributed by atoms with Crippen molar-refractivity contribution in [3.8, 4) is 0 Å². The molecule has 0 unspecified atom stereocenters. The van der Waals surface area contributed by atoms with E-state index in [1.807, 2.05) is 11.9 Å². The third-order valence-electron chi connectivity index (χ3n) is 4.30. The molecule has 0 aliphatic heterocycles. The van der Waals surface area contributed by atoms with Crippen LogP contribution in [0.25, 0.3) is 0 Å². The van der Waals surface area contributed by atoms with E-state index in [-0.39, 0.29) is 6.54 Å². The van der Waals surface area contributed by atoms with Crippen LogP contribution in [0.1, 0.15) is 43.2 Å². The van der Waals surface area contributed by atoms with Gasteiger partial charge in [0.1, 0.15) is 0 Å². The quantitative estimate of drug-likeness (QED) is 0.897. The van der Waals surface area contributed by atoms with E-state index in [0.29, 0.717) is 17.3 Å². The summed E-state index contributed by atoms with van der Waals surface area (Å²) in [5.41, 5.74) is 0.428. The van der Waals surface area contributed by atoms with E-state index in [9.17, 15) is 13.2 Å². The zero-order valence-corrected chi connectivity index (χ0v) is 12.6. The Balaban J connectivity index is 2.27. The van der Waals surface area contributed by atoms with Crippen molar-refractivity contribution in [1.29, 1.82) is 0 Å². The fraction of sp³-hybridized carbons (Fsp3) is 0.625. The highest BCUT2D eigenvalue weighted by Crippen LogP contribution is 2.35. The lowest BCUT2D eigenvalue weighted by Gasteiger charge is -2.33. The minimum absolute atomic E-state index is 0.224. The first-order chi connectivity index (χ1) is 9.93. The highest BCUT2D eigenvalue weighted by Gasteiger charge is 2.34. The number of hydrogen-bond donors (Lipinski definition) is 1. The zero-order valence-electron chi connectivity index (χ0n) is 12.6. The summed E-state index contributed by atoms with van der Waals surface area (Å²) in [5.74, 6) is 0. The molecule has 1 fully saturated rings. The van der Waals surface area contributed by atoms with Crippen LogP contribution in [0.2, 0.25) is 0 Å². The fourth-order valence-corrected chi connectivity index (χ4v) is 3.07. The summed E-state index contributed by atoms with van der Waals surface area (Å²) in [4.78, 5) is 2.01. The van der Waals surface area contributed by atoms with Gasteiger partial charge in [-0.25, -0.2) is 0 Å². The predicted molar refractivity (Wildman–Crippen MR) is 79.5 cm³/mol. The predicted octanol–water partition coefficient (Wildman–Crippen LogP) is 4.19. The van der Waals surface area contributed by atoms with E-state index in [1.165, 1.54) is 25.3 Å².